The highest BCUT2D eigenvalue weighted by atomic mass is 19.1. The molecule has 5 nitrogen and oxygen atoms in total. The van der Waals surface area contributed by atoms with Gasteiger partial charge in [0.2, 0.25) is 0 Å². The fraction of sp³-hybridized carbons (Fsp3) is 0.556. The van der Waals surface area contributed by atoms with Crippen LogP contribution in [0.3, 0.4) is 0 Å². The second kappa shape index (κ2) is 7.91. The molecule has 0 bridgehead atoms. The number of carboxylic acid groups (broad SMARTS) is 1. The summed E-state index contributed by atoms with van der Waals surface area (Å²) in [6.07, 6.45) is 2.74. The number of benzene rings is 1. The molecule has 1 fully saturated rings. The highest BCUT2D eigenvalue weighted by molar-refractivity contribution is 6.28. The Labute approximate surface area is 145 Å². The van der Waals surface area contributed by atoms with Gasteiger partial charge in [0.15, 0.2) is 0 Å². The quantitative estimate of drug-likeness (QED) is 0.650. The molecule has 0 spiro atoms. The van der Waals surface area contributed by atoms with Gasteiger partial charge in [-0.3, -0.25) is 0 Å². The van der Waals surface area contributed by atoms with Gasteiger partial charge >= 0.3 is 11.9 Å². The summed E-state index contributed by atoms with van der Waals surface area (Å²) in [5, 5.41) is 8.94. The minimum absolute atomic E-state index is 0.0475. The van der Waals surface area contributed by atoms with Crippen molar-refractivity contribution >= 4 is 11.9 Å². The van der Waals surface area contributed by atoms with E-state index < -0.39 is 29.2 Å². The average molecular weight is 355 g/mol. The molecule has 0 unspecified atom stereocenters. The number of halogens is 2. The Morgan fingerprint density at radius 2 is 2.04 bits per heavy atom. The van der Waals surface area contributed by atoms with E-state index in [0.717, 1.165) is 37.5 Å². The summed E-state index contributed by atoms with van der Waals surface area (Å²) >= 11 is 0. The third-order valence-electron chi connectivity index (χ3n) is 4.70. The molecule has 0 aromatic heterocycles. The lowest BCUT2D eigenvalue weighted by Gasteiger charge is -2.44. The average Bonchev–Trinajstić information content (AvgIpc) is 2.52. The first-order valence-electron chi connectivity index (χ1n) is 8.28. The maximum atomic E-state index is 14.1. The van der Waals surface area contributed by atoms with Gasteiger partial charge in [-0.2, -0.15) is 0 Å². The zero-order chi connectivity index (χ0) is 18.6. The Kier molecular flexibility index (Phi) is 6.11. The van der Waals surface area contributed by atoms with Gasteiger partial charge < -0.3 is 14.7 Å². The predicted octanol–water partition coefficient (Wildman–Crippen LogP) is 2.63. The van der Waals surface area contributed by atoms with Crippen LogP contribution in [0.2, 0.25) is 0 Å². The third kappa shape index (κ3) is 4.75. The summed E-state index contributed by atoms with van der Waals surface area (Å²) in [5.41, 5.74) is -1.07. The van der Waals surface area contributed by atoms with E-state index in [4.69, 9.17) is 9.84 Å². The Morgan fingerprint density at radius 1 is 1.32 bits per heavy atom. The Bertz CT molecular complexity index is 650. The van der Waals surface area contributed by atoms with Crippen LogP contribution >= 0.6 is 0 Å². The lowest BCUT2D eigenvalue weighted by atomic mass is 9.71. The van der Waals surface area contributed by atoms with Crippen LogP contribution in [-0.2, 0) is 20.7 Å². The zero-order valence-corrected chi connectivity index (χ0v) is 14.4. The molecule has 0 amide bonds. The smallest absolute Gasteiger partial charge is 0.417 e. The minimum atomic E-state index is -1.69. The van der Waals surface area contributed by atoms with Gasteiger partial charge in [0.25, 0.3) is 0 Å². The minimum Gasteiger partial charge on any atom is -0.473 e. The highest BCUT2D eigenvalue weighted by Gasteiger charge is 2.46. The van der Waals surface area contributed by atoms with Crippen molar-refractivity contribution < 1.29 is 28.2 Å². The highest BCUT2D eigenvalue weighted by Crippen LogP contribution is 2.40. The predicted molar refractivity (Wildman–Crippen MR) is 87.0 cm³/mol. The lowest BCUT2D eigenvalue weighted by molar-refractivity contribution is -0.183. The molecule has 1 N–H and O–H groups in total. The van der Waals surface area contributed by atoms with Crippen LogP contribution in [0.4, 0.5) is 8.78 Å². The topological polar surface area (TPSA) is 66.8 Å². The molecule has 138 valence electrons. The van der Waals surface area contributed by atoms with Gasteiger partial charge in [0.1, 0.15) is 17.2 Å². The number of aliphatic carboxylic acids is 1. The first kappa shape index (κ1) is 19.3. The van der Waals surface area contributed by atoms with Crippen LogP contribution in [0.5, 0.6) is 0 Å². The number of carboxylic acids is 1. The molecule has 0 saturated heterocycles. The number of ether oxygens (including phenoxy) is 1. The van der Waals surface area contributed by atoms with E-state index in [0.29, 0.717) is 13.0 Å². The first-order valence-corrected chi connectivity index (χ1v) is 8.28. The van der Waals surface area contributed by atoms with Gasteiger partial charge in [0, 0.05) is 18.9 Å². The van der Waals surface area contributed by atoms with Crippen LogP contribution in [0, 0.1) is 17.6 Å². The van der Waals surface area contributed by atoms with Crippen molar-refractivity contribution in [1.29, 1.82) is 0 Å². The molecule has 7 heteroatoms. The van der Waals surface area contributed by atoms with Crippen molar-refractivity contribution in [2.24, 2.45) is 5.92 Å². The van der Waals surface area contributed by atoms with Crippen LogP contribution in [0.1, 0.15) is 31.2 Å². The number of hydrogen-bond acceptors (Lipinski definition) is 4. The van der Waals surface area contributed by atoms with Gasteiger partial charge in [-0.1, -0.05) is 6.42 Å². The molecule has 1 aromatic carbocycles. The van der Waals surface area contributed by atoms with Gasteiger partial charge in [-0.15, -0.1) is 0 Å². The standard InChI is InChI=1S/C18H23F2NO4/c1-21(2)11-13-5-3-4-8-18(13,25-17(24)16(22)23)10-12-9-14(19)6-7-15(12)20/h6-7,9,13H,3-5,8,10-11H2,1-2H3,(H,22,23)/t13-,18-/m1/s1. The fourth-order valence-corrected chi connectivity index (χ4v) is 3.61. The molecular weight excluding hydrogens is 332 g/mol. The van der Waals surface area contributed by atoms with E-state index in [1.807, 2.05) is 19.0 Å². The molecule has 0 heterocycles. The number of carbonyl (C=O) groups is 2. The van der Waals surface area contributed by atoms with Crippen LogP contribution < -0.4 is 0 Å². The Morgan fingerprint density at radius 3 is 2.68 bits per heavy atom. The number of esters is 1. The summed E-state index contributed by atoms with van der Waals surface area (Å²) in [6, 6.07) is 3.13. The van der Waals surface area contributed by atoms with E-state index in [9.17, 15) is 18.4 Å². The SMILES string of the molecule is CN(C)C[C@H]1CCCC[C@]1(Cc1cc(F)ccc1F)OC(=O)C(=O)O. The van der Waals surface area contributed by atoms with Crippen molar-refractivity contribution in [2.45, 2.75) is 37.7 Å². The van der Waals surface area contributed by atoms with E-state index in [1.54, 1.807) is 0 Å². The number of nitrogens with zero attached hydrogens (tertiary/aromatic N) is 1. The van der Waals surface area contributed by atoms with E-state index in [2.05, 4.69) is 0 Å². The molecule has 25 heavy (non-hydrogen) atoms. The molecule has 2 atom stereocenters. The monoisotopic (exact) mass is 355 g/mol. The molecule has 0 radical (unpaired) electrons. The summed E-state index contributed by atoms with van der Waals surface area (Å²) < 4.78 is 33.1. The van der Waals surface area contributed by atoms with Crippen molar-refractivity contribution in [3.8, 4) is 0 Å². The van der Waals surface area contributed by atoms with E-state index >= 15 is 0 Å². The molecule has 1 aliphatic carbocycles. The molecule has 2 rings (SSSR count). The van der Waals surface area contributed by atoms with Gasteiger partial charge in [0.05, 0.1) is 0 Å². The summed E-state index contributed by atoms with van der Waals surface area (Å²) in [4.78, 5) is 24.7. The maximum absolute atomic E-state index is 14.1. The van der Waals surface area contributed by atoms with Crippen molar-refractivity contribution in [1.82, 2.24) is 4.90 Å². The molecule has 0 aliphatic heterocycles. The van der Waals surface area contributed by atoms with Crippen LogP contribution in [-0.4, -0.2) is 48.2 Å². The van der Waals surface area contributed by atoms with Crippen molar-refractivity contribution in [3.63, 3.8) is 0 Å². The van der Waals surface area contributed by atoms with Gasteiger partial charge in [-0.05, 0) is 57.1 Å². The fourth-order valence-electron chi connectivity index (χ4n) is 3.61. The van der Waals surface area contributed by atoms with Crippen LogP contribution in [0.25, 0.3) is 0 Å². The second-order valence-corrected chi connectivity index (χ2v) is 6.88. The number of hydrogen-bond donors (Lipinski definition) is 1. The summed E-state index contributed by atoms with van der Waals surface area (Å²) in [6.45, 7) is 0.559. The van der Waals surface area contributed by atoms with E-state index in [1.165, 1.54) is 0 Å². The van der Waals surface area contributed by atoms with Crippen LogP contribution in [0.15, 0.2) is 18.2 Å². The second-order valence-electron chi connectivity index (χ2n) is 6.88. The van der Waals surface area contributed by atoms with E-state index in [-0.39, 0.29) is 17.9 Å². The largest absolute Gasteiger partial charge is 0.473 e. The molecular formula is C18H23F2NO4. The normalized spacial score (nSPS) is 23.5. The molecule has 1 aromatic rings. The summed E-state index contributed by atoms with van der Waals surface area (Å²) in [5.74, 6) is -4.39. The lowest BCUT2D eigenvalue weighted by Crippen LogP contribution is -2.51. The number of rotatable bonds is 5. The summed E-state index contributed by atoms with van der Waals surface area (Å²) in [7, 11) is 3.72. The third-order valence-corrected chi connectivity index (χ3v) is 4.70. The maximum Gasteiger partial charge on any atom is 0.417 e. The zero-order valence-electron chi connectivity index (χ0n) is 14.4. The Balaban J connectivity index is 2.40. The van der Waals surface area contributed by atoms with Gasteiger partial charge in [-0.25, -0.2) is 18.4 Å². The van der Waals surface area contributed by atoms with Crippen molar-refractivity contribution in [3.05, 3.63) is 35.4 Å². The molecule has 1 saturated carbocycles. The van der Waals surface area contributed by atoms with Crippen molar-refractivity contribution in [2.75, 3.05) is 20.6 Å². The first-order chi connectivity index (χ1) is 11.7. The molecule has 1 aliphatic rings. The number of carbonyl (C=O) groups excluding carboxylic acids is 1. The Hall–Kier alpha value is -2.02.